The average molecular weight is 391 g/mol. The molecule has 0 saturated carbocycles. The fourth-order valence-electron chi connectivity index (χ4n) is 3.39. The summed E-state index contributed by atoms with van der Waals surface area (Å²) < 4.78 is 24.6. The summed E-state index contributed by atoms with van der Waals surface area (Å²) in [5.41, 5.74) is 1.54. The first-order chi connectivity index (χ1) is 13.1. The summed E-state index contributed by atoms with van der Waals surface area (Å²) in [6, 6.07) is 10.4. The first kappa shape index (κ1) is 18.1. The van der Waals surface area contributed by atoms with Gasteiger partial charge in [0.2, 0.25) is 12.7 Å². The molecule has 1 fully saturated rings. The molecule has 2 aliphatic heterocycles. The van der Waals surface area contributed by atoms with Crippen LogP contribution in [0, 0.1) is 5.82 Å². The minimum atomic E-state index is -0.433. The van der Waals surface area contributed by atoms with E-state index < -0.39 is 5.82 Å². The number of halogens is 2. The number of piperazine rings is 1. The lowest BCUT2D eigenvalue weighted by atomic mass is 10.1. The summed E-state index contributed by atoms with van der Waals surface area (Å²) in [6.07, 6.45) is 0.0607. The summed E-state index contributed by atoms with van der Waals surface area (Å²) >= 11 is 5.76. The van der Waals surface area contributed by atoms with Crippen molar-refractivity contribution in [1.82, 2.24) is 9.80 Å². The van der Waals surface area contributed by atoms with Crippen LogP contribution in [0.25, 0.3) is 0 Å². The molecule has 7 heteroatoms. The van der Waals surface area contributed by atoms with Crippen LogP contribution in [0.3, 0.4) is 0 Å². The van der Waals surface area contributed by atoms with Crippen molar-refractivity contribution in [2.45, 2.75) is 13.0 Å². The number of carbonyl (C=O) groups excluding carboxylic acids is 1. The molecule has 1 saturated heterocycles. The molecule has 0 N–H and O–H groups in total. The molecule has 0 aliphatic carbocycles. The Labute approximate surface area is 162 Å². The van der Waals surface area contributed by atoms with Crippen molar-refractivity contribution in [2.75, 3.05) is 33.0 Å². The standard InChI is InChI=1S/C20H20ClFN2O3/c21-16-3-2-15(17(22)11-16)10-20(25)24-7-5-23(6-8-24)12-14-1-4-18-19(9-14)27-13-26-18/h1-4,9,11H,5-8,10,12-13H2. The Kier molecular flexibility index (Phi) is 5.18. The Morgan fingerprint density at radius 3 is 2.59 bits per heavy atom. The van der Waals surface area contributed by atoms with Crippen LogP contribution in [0.4, 0.5) is 4.39 Å². The summed E-state index contributed by atoms with van der Waals surface area (Å²) in [4.78, 5) is 16.6. The third-order valence-electron chi connectivity index (χ3n) is 4.92. The molecule has 0 unspecified atom stereocenters. The van der Waals surface area contributed by atoms with Crippen molar-refractivity contribution in [2.24, 2.45) is 0 Å². The van der Waals surface area contributed by atoms with Gasteiger partial charge < -0.3 is 14.4 Å². The molecule has 4 rings (SSSR count). The third-order valence-corrected chi connectivity index (χ3v) is 5.16. The molecule has 0 atom stereocenters. The highest BCUT2D eigenvalue weighted by Gasteiger charge is 2.23. The van der Waals surface area contributed by atoms with Crippen molar-refractivity contribution in [3.8, 4) is 11.5 Å². The van der Waals surface area contributed by atoms with Gasteiger partial charge in [-0.05, 0) is 35.4 Å². The second kappa shape index (κ2) is 7.74. The number of rotatable bonds is 4. The van der Waals surface area contributed by atoms with Crippen LogP contribution in [0.2, 0.25) is 5.02 Å². The van der Waals surface area contributed by atoms with E-state index in [1.165, 1.54) is 6.07 Å². The van der Waals surface area contributed by atoms with Gasteiger partial charge in [-0.1, -0.05) is 23.7 Å². The average Bonchev–Trinajstić information content (AvgIpc) is 3.12. The van der Waals surface area contributed by atoms with Gasteiger partial charge in [0.15, 0.2) is 11.5 Å². The largest absolute Gasteiger partial charge is 0.454 e. The molecule has 1 amide bonds. The SMILES string of the molecule is O=C(Cc1ccc(Cl)cc1F)N1CCN(Cc2ccc3c(c2)OCO3)CC1. The van der Waals surface area contributed by atoms with Gasteiger partial charge in [0, 0.05) is 37.7 Å². The number of carbonyl (C=O) groups is 1. The maximum absolute atomic E-state index is 13.9. The van der Waals surface area contributed by atoms with E-state index in [4.69, 9.17) is 21.1 Å². The van der Waals surface area contributed by atoms with E-state index in [1.807, 2.05) is 18.2 Å². The summed E-state index contributed by atoms with van der Waals surface area (Å²) in [5.74, 6) is 1.08. The summed E-state index contributed by atoms with van der Waals surface area (Å²) in [5, 5.41) is 0.334. The Balaban J connectivity index is 1.30. The van der Waals surface area contributed by atoms with Crippen LogP contribution in [0.15, 0.2) is 36.4 Å². The number of amides is 1. The van der Waals surface area contributed by atoms with Crippen LogP contribution >= 0.6 is 11.6 Å². The molecule has 0 bridgehead atoms. The Hall–Kier alpha value is -2.31. The van der Waals surface area contributed by atoms with E-state index in [9.17, 15) is 9.18 Å². The molecular formula is C20H20ClFN2O3. The number of ether oxygens (including phenoxy) is 2. The molecule has 2 heterocycles. The molecule has 2 aromatic carbocycles. The van der Waals surface area contributed by atoms with Gasteiger partial charge in [-0.15, -0.1) is 0 Å². The van der Waals surface area contributed by atoms with E-state index in [0.717, 1.165) is 36.7 Å². The quantitative estimate of drug-likeness (QED) is 0.804. The second-order valence-electron chi connectivity index (χ2n) is 6.76. The second-order valence-corrected chi connectivity index (χ2v) is 7.19. The first-order valence-electron chi connectivity index (χ1n) is 8.91. The normalized spacial score (nSPS) is 16.6. The van der Waals surface area contributed by atoms with Crippen LogP contribution in [0.5, 0.6) is 11.5 Å². The van der Waals surface area contributed by atoms with Crippen molar-refractivity contribution in [3.05, 3.63) is 58.4 Å². The van der Waals surface area contributed by atoms with Gasteiger partial charge in [-0.3, -0.25) is 9.69 Å². The monoisotopic (exact) mass is 390 g/mol. The molecule has 5 nitrogen and oxygen atoms in total. The molecule has 0 aromatic heterocycles. The van der Waals surface area contributed by atoms with E-state index in [2.05, 4.69) is 4.90 Å². The van der Waals surface area contributed by atoms with E-state index in [-0.39, 0.29) is 19.1 Å². The van der Waals surface area contributed by atoms with Gasteiger partial charge in [0.1, 0.15) is 5.82 Å². The molecule has 2 aromatic rings. The van der Waals surface area contributed by atoms with Crippen molar-refractivity contribution in [1.29, 1.82) is 0 Å². The van der Waals surface area contributed by atoms with Gasteiger partial charge in [0.25, 0.3) is 0 Å². The lowest BCUT2D eigenvalue weighted by molar-refractivity contribution is -0.132. The van der Waals surface area contributed by atoms with Crippen LogP contribution in [-0.2, 0) is 17.8 Å². The molecule has 2 aliphatic rings. The van der Waals surface area contributed by atoms with Gasteiger partial charge in [-0.25, -0.2) is 4.39 Å². The number of hydrogen-bond acceptors (Lipinski definition) is 4. The number of hydrogen-bond donors (Lipinski definition) is 0. The Bertz CT molecular complexity index is 853. The molecule has 0 radical (unpaired) electrons. The van der Waals surface area contributed by atoms with E-state index in [0.29, 0.717) is 23.7 Å². The summed E-state index contributed by atoms with van der Waals surface area (Å²) in [6.45, 7) is 3.90. The van der Waals surface area contributed by atoms with Crippen LogP contribution < -0.4 is 9.47 Å². The fourth-order valence-corrected chi connectivity index (χ4v) is 3.55. The Morgan fingerprint density at radius 2 is 1.81 bits per heavy atom. The predicted molar refractivity (Wildman–Crippen MR) is 99.5 cm³/mol. The van der Waals surface area contributed by atoms with Crippen LogP contribution in [-0.4, -0.2) is 48.7 Å². The van der Waals surface area contributed by atoms with Crippen molar-refractivity contribution < 1.29 is 18.7 Å². The minimum Gasteiger partial charge on any atom is -0.454 e. The highest BCUT2D eigenvalue weighted by atomic mass is 35.5. The topological polar surface area (TPSA) is 42.0 Å². The van der Waals surface area contributed by atoms with Gasteiger partial charge in [-0.2, -0.15) is 0 Å². The molecule has 142 valence electrons. The molecule has 0 spiro atoms. The van der Waals surface area contributed by atoms with Crippen molar-refractivity contribution in [3.63, 3.8) is 0 Å². The lowest BCUT2D eigenvalue weighted by Gasteiger charge is -2.35. The molecular weight excluding hydrogens is 371 g/mol. The van der Waals surface area contributed by atoms with Gasteiger partial charge >= 0.3 is 0 Å². The maximum atomic E-state index is 13.9. The smallest absolute Gasteiger partial charge is 0.231 e. The first-order valence-corrected chi connectivity index (χ1v) is 9.29. The maximum Gasteiger partial charge on any atom is 0.231 e. The third kappa shape index (κ3) is 4.17. The number of fused-ring (bicyclic) bond motifs is 1. The number of benzene rings is 2. The Morgan fingerprint density at radius 1 is 1.04 bits per heavy atom. The highest BCUT2D eigenvalue weighted by molar-refractivity contribution is 6.30. The van der Waals surface area contributed by atoms with Crippen molar-refractivity contribution >= 4 is 17.5 Å². The fraction of sp³-hybridized carbons (Fsp3) is 0.350. The zero-order valence-corrected chi connectivity index (χ0v) is 15.5. The zero-order valence-electron chi connectivity index (χ0n) is 14.8. The van der Waals surface area contributed by atoms with Crippen LogP contribution in [0.1, 0.15) is 11.1 Å². The van der Waals surface area contributed by atoms with Gasteiger partial charge in [0.05, 0.1) is 6.42 Å². The van der Waals surface area contributed by atoms with E-state index >= 15 is 0 Å². The number of nitrogens with zero attached hydrogens (tertiary/aromatic N) is 2. The molecule has 27 heavy (non-hydrogen) atoms. The lowest BCUT2D eigenvalue weighted by Crippen LogP contribution is -2.48. The predicted octanol–water partition coefficient (Wildman–Crippen LogP) is 3.09. The van der Waals surface area contributed by atoms with E-state index in [1.54, 1.807) is 17.0 Å². The summed E-state index contributed by atoms with van der Waals surface area (Å²) in [7, 11) is 0. The highest BCUT2D eigenvalue weighted by Crippen LogP contribution is 2.32. The minimum absolute atomic E-state index is 0.0565. The zero-order chi connectivity index (χ0) is 18.8.